The molecule has 0 aliphatic carbocycles. The van der Waals surface area contributed by atoms with E-state index in [-0.39, 0.29) is 43.2 Å². The van der Waals surface area contributed by atoms with Gasteiger partial charge in [0.25, 0.3) is 0 Å². The number of carbonyl (C=O) groups is 2. The fraction of sp³-hybridized carbons (Fsp3) is 0.500. The zero-order valence-electron chi connectivity index (χ0n) is 22.0. The number of quaternary nitrogens is 1. The first kappa shape index (κ1) is 29.2. The van der Waals surface area contributed by atoms with Gasteiger partial charge < -0.3 is 49.0 Å². The van der Waals surface area contributed by atoms with Gasteiger partial charge in [-0.2, -0.15) is 0 Å². The molecule has 0 spiro atoms. The molecule has 0 bridgehead atoms. The van der Waals surface area contributed by atoms with Crippen molar-refractivity contribution in [1.82, 2.24) is 10.2 Å². The third-order valence-corrected chi connectivity index (χ3v) is 7.55. The molecule has 9 nitrogen and oxygen atoms in total. The van der Waals surface area contributed by atoms with E-state index in [4.69, 9.17) is 14.5 Å². The van der Waals surface area contributed by atoms with Crippen molar-refractivity contribution in [2.45, 2.75) is 33.7 Å². The number of anilines is 2. The number of ether oxygens (including phenoxy) is 2. The summed E-state index contributed by atoms with van der Waals surface area (Å²) >= 11 is 1.74. The average Bonchev–Trinajstić information content (AvgIpc) is 3.13. The van der Waals surface area contributed by atoms with E-state index < -0.39 is 18.1 Å². The van der Waals surface area contributed by atoms with Crippen LogP contribution in [0.3, 0.4) is 0 Å². The van der Waals surface area contributed by atoms with Crippen LogP contribution in [0, 0.1) is 12.8 Å². The number of halogens is 1. The molecule has 2 aromatic rings. The number of likely N-dealkylation sites (N-methyl/N-ethyl adjacent to an activating group) is 1. The lowest BCUT2D eigenvalue weighted by molar-refractivity contribution is -0.928. The Morgan fingerprint density at radius 1 is 1.22 bits per heavy atom. The first-order valence-electron chi connectivity index (χ1n) is 12.4. The highest BCUT2D eigenvalue weighted by atomic mass is 127. The predicted molar refractivity (Wildman–Crippen MR) is 142 cm³/mol. The third kappa shape index (κ3) is 6.94. The molecule has 0 radical (unpaired) electrons. The molecule has 2 N–H and O–H groups in total. The van der Waals surface area contributed by atoms with Gasteiger partial charge in [-0.05, 0) is 38.0 Å². The second kappa shape index (κ2) is 12.4. The van der Waals surface area contributed by atoms with E-state index in [9.17, 15) is 9.59 Å². The van der Waals surface area contributed by atoms with Crippen molar-refractivity contribution in [3.63, 3.8) is 0 Å². The Bertz CT molecular complexity index is 1140. The Balaban J connectivity index is 0.00000380. The number of para-hydroxylation sites is 2. The molecule has 37 heavy (non-hydrogen) atoms. The summed E-state index contributed by atoms with van der Waals surface area (Å²) in [5.74, 6) is 0.433. The third-order valence-electron chi connectivity index (χ3n) is 6.58. The summed E-state index contributed by atoms with van der Waals surface area (Å²) in [6.45, 7) is 11.2. The summed E-state index contributed by atoms with van der Waals surface area (Å²) in [5, 5.41) is 7.34. The molecule has 0 unspecified atom stereocenters. The van der Waals surface area contributed by atoms with E-state index in [1.54, 1.807) is 18.3 Å². The fourth-order valence-corrected chi connectivity index (χ4v) is 5.31. The highest BCUT2D eigenvalue weighted by Gasteiger charge is 2.34. The van der Waals surface area contributed by atoms with Crippen molar-refractivity contribution in [3.8, 4) is 0 Å². The number of esters is 1. The average molecular weight is 642 g/mol. The van der Waals surface area contributed by atoms with E-state index in [2.05, 4.69) is 41.6 Å². The molecule has 11 heteroatoms. The zero-order chi connectivity index (χ0) is 25.9. The van der Waals surface area contributed by atoms with Crippen LogP contribution < -0.4 is 34.6 Å². The number of rotatable bonds is 6. The lowest BCUT2D eigenvalue weighted by Crippen LogP contribution is -3.00. The van der Waals surface area contributed by atoms with E-state index in [0.29, 0.717) is 4.48 Å². The van der Waals surface area contributed by atoms with Crippen LogP contribution in [-0.2, 0) is 14.3 Å². The molecule has 0 saturated carbocycles. The van der Waals surface area contributed by atoms with E-state index in [0.717, 1.165) is 54.0 Å². The number of piperazine rings is 1. The predicted octanol–water partition coefficient (Wildman–Crippen LogP) is 1.23. The second-order valence-corrected chi connectivity index (χ2v) is 11.2. The summed E-state index contributed by atoms with van der Waals surface area (Å²) in [6.07, 6.45) is -0.599. The molecule has 2 aliphatic heterocycles. The molecule has 1 aromatic carbocycles. The highest BCUT2D eigenvalue weighted by molar-refractivity contribution is 7.16. The molecular weight excluding hydrogens is 605 g/mol. The number of aryl methyl sites for hydroxylation is 1. The van der Waals surface area contributed by atoms with Gasteiger partial charge in [0, 0.05) is 4.88 Å². The summed E-state index contributed by atoms with van der Waals surface area (Å²) in [7, 11) is 2.09. The van der Waals surface area contributed by atoms with Crippen LogP contribution in [0.25, 0.3) is 0 Å². The number of amidine groups is 1. The molecule has 1 saturated heterocycles. The summed E-state index contributed by atoms with van der Waals surface area (Å²) in [6, 6.07) is 9.57. The van der Waals surface area contributed by atoms with Crippen molar-refractivity contribution < 1.29 is 47.5 Å². The van der Waals surface area contributed by atoms with Crippen molar-refractivity contribution in [2.24, 2.45) is 10.9 Å². The molecule has 1 atom stereocenters. The SMILES string of the molecule is CCOC(=O)[C@@H](NC(=O)OC[N+]1(C)CCN(C2=Nc3ccccc3Nc3sc(C)cc32)CC1)C(C)C.[I-]. The molecule has 1 amide bonds. The number of carbonyl (C=O) groups excluding carboxylic acids is 2. The van der Waals surface area contributed by atoms with Crippen LogP contribution in [0.2, 0.25) is 0 Å². The van der Waals surface area contributed by atoms with E-state index >= 15 is 0 Å². The fourth-order valence-electron chi connectivity index (χ4n) is 4.39. The number of fused-ring (bicyclic) bond motifs is 2. The van der Waals surface area contributed by atoms with Gasteiger partial charge in [-0.1, -0.05) is 26.0 Å². The van der Waals surface area contributed by atoms with Gasteiger partial charge in [-0.3, -0.25) is 4.48 Å². The standard InChI is InChI=1S/C26H35N5O4S.HI/c1-6-34-25(32)22(17(2)3)29-26(33)35-16-31(5)13-11-30(12-14-31)23-19-15-18(4)36-24(19)28-21-10-8-7-9-20(21)27-23;/h7-10,15,17,22H,6,11-14,16H2,1-5H3,(H-,27,28,29,33);1H/t22-;/m0./s1. The van der Waals surface area contributed by atoms with Gasteiger partial charge >= 0.3 is 12.1 Å². The van der Waals surface area contributed by atoms with Gasteiger partial charge in [0.1, 0.15) is 16.9 Å². The molecule has 1 fully saturated rings. The van der Waals surface area contributed by atoms with Crippen LogP contribution in [0.1, 0.15) is 31.2 Å². The van der Waals surface area contributed by atoms with Gasteiger partial charge in [-0.25, -0.2) is 14.6 Å². The molecule has 202 valence electrons. The summed E-state index contributed by atoms with van der Waals surface area (Å²) in [4.78, 5) is 33.2. The van der Waals surface area contributed by atoms with E-state index in [1.807, 2.05) is 32.0 Å². The smallest absolute Gasteiger partial charge is 0.412 e. The monoisotopic (exact) mass is 641 g/mol. The maximum atomic E-state index is 12.5. The number of nitrogens with zero attached hydrogens (tertiary/aromatic N) is 3. The summed E-state index contributed by atoms with van der Waals surface area (Å²) in [5.41, 5.74) is 3.06. The Morgan fingerprint density at radius 2 is 1.92 bits per heavy atom. The Kier molecular flexibility index (Phi) is 9.81. The van der Waals surface area contributed by atoms with Gasteiger partial charge in [0.15, 0.2) is 0 Å². The minimum atomic E-state index is -0.729. The maximum Gasteiger partial charge on any atom is 0.412 e. The van der Waals surface area contributed by atoms with Gasteiger partial charge in [-0.15, -0.1) is 11.3 Å². The normalized spacial score (nSPS) is 16.7. The van der Waals surface area contributed by atoms with Crippen molar-refractivity contribution >= 4 is 45.6 Å². The topological polar surface area (TPSA) is 92.3 Å². The highest BCUT2D eigenvalue weighted by Crippen LogP contribution is 2.39. The number of aliphatic imine (C=N–C) groups is 1. The van der Waals surface area contributed by atoms with Crippen LogP contribution in [0.15, 0.2) is 35.3 Å². The van der Waals surface area contributed by atoms with Crippen LogP contribution in [0.5, 0.6) is 0 Å². The molecule has 3 heterocycles. The minimum absolute atomic E-state index is 0. The van der Waals surface area contributed by atoms with Gasteiger partial charge in [0.05, 0.1) is 56.8 Å². The Morgan fingerprint density at radius 3 is 2.59 bits per heavy atom. The number of thiophene rings is 1. The van der Waals surface area contributed by atoms with Crippen LogP contribution in [-0.4, -0.2) is 79.9 Å². The Hall–Kier alpha value is -2.38. The number of alkyl carbamates (subject to hydrolysis) is 1. The van der Waals surface area contributed by atoms with Crippen molar-refractivity contribution in [3.05, 3.63) is 40.8 Å². The minimum Gasteiger partial charge on any atom is -1.00 e. The Labute approximate surface area is 239 Å². The molecule has 2 aliphatic rings. The molecule has 4 rings (SSSR count). The number of benzene rings is 1. The number of hydrogen-bond donors (Lipinski definition) is 2. The van der Waals surface area contributed by atoms with Crippen LogP contribution >= 0.6 is 11.3 Å². The zero-order valence-corrected chi connectivity index (χ0v) is 25.0. The summed E-state index contributed by atoms with van der Waals surface area (Å²) < 4.78 is 11.2. The first-order valence-corrected chi connectivity index (χ1v) is 13.2. The first-order chi connectivity index (χ1) is 17.2. The quantitative estimate of drug-likeness (QED) is 0.280. The molecule has 1 aromatic heterocycles. The van der Waals surface area contributed by atoms with Crippen LogP contribution in [0.4, 0.5) is 21.2 Å². The second-order valence-electron chi connectivity index (χ2n) is 9.91. The van der Waals surface area contributed by atoms with Crippen molar-refractivity contribution in [1.29, 1.82) is 0 Å². The van der Waals surface area contributed by atoms with Crippen molar-refractivity contribution in [2.75, 3.05) is 51.9 Å². The number of hydrogen-bond acceptors (Lipinski definition) is 8. The number of amides is 1. The molecular formula is C26H36IN5O4S. The van der Waals surface area contributed by atoms with E-state index in [1.165, 1.54) is 4.88 Å². The van der Waals surface area contributed by atoms with Gasteiger partial charge in [0.2, 0.25) is 6.73 Å². The maximum absolute atomic E-state index is 12.5. The number of nitrogens with one attached hydrogen (secondary N) is 2. The lowest BCUT2D eigenvalue weighted by Gasteiger charge is -2.42. The largest absolute Gasteiger partial charge is 1.00 e. The lowest BCUT2D eigenvalue weighted by atomic mass is 10.1.